The molecule has 2 aromatic heterocycles. The lowest BCUT2D eigenvalue weighted by Crippen LogP contribution is -2.31. The van der Waals surface area contributed by atoms with Gasteiger partial charge in [-0.25, -0.2) is 19.1 Å². The number of rotatable bonds is 4. The molecule has 1 fully saturated rings. The molecule has 0 saturated heterocycles. The van der Waals surface area contributed by atoms with E-state index < -0.39 is 26.8 Å². The highest BCUT2D eigenvalue weighted by Gasteiger charge is 2.25. The van der Waals surface area contributed by atoms with Crippen LogP contribution in [-0.2, 0) is 10.0 Å². The summed E-state index contributed by atoms with van der Waals surface area (Å²) in [5, 5.41) is -0.451. The van der Waals surface area contributed by atoms with Crippen LogP contribution in [0.3, 0.4) is 0 Å². The lowest BCUT2D eigenvalue weighted by atomic mass is 9.89. The maximum atomic E-state index is 12.8. The van der Waals surface area contributed by atoms with Crippen molar-refractivity contribution in [3.05, 3.63) is 42.0 Å². The Morgan fingerprint density at radius 1 is 1.25 bits per heavy atom. The highest BCUT2D eigenvalue weighted by atomic mass is 32.2. The maximum absolute atomic E-state index is 12.8. The summed E-state index contributed by atoms with van der Waals surface area (Å²) in [5.41, 5.74) is -0.110. The maximum Gasteiger partial charge on any atom is 0.286 e. The van der Waals surface area contributed by atoms with Gasteiger partial charge in [0.1, 0.15) is 12.1 Å². The van der Waals surface area contributed by atoms with E-state index in [0.717, 1.165) is 50.3 Å². The number of carbonyl (C=O) groups is 1. The van der Waals surface area contributed by atoms with E-state index in [1.807, 2.05) is 4.72 Å². The van der Waals surface area contributed by atoms with Gasteiger partial charge in [-0.2, -0.15) is 8.42 Å². The molecular weight excluding hydrogens is 337 g/mol. The third kappa shape index (κ3) is 3.61. The number of nitrogens with one attached hydrogen (secondary N) is 1. The van der Waals surface area contributed by atoms with Crippen molar-refractivity contribution in [1.29, 1.82) is 0 Å². The van der Waals surface area contributed by atoms with Gasteiger partial charge in [-0.1, -0.05) is 19.3 Å². The summed E-state index contributed by atoms with van der Waals surface area (Å²) in [4.78, 5) is 19.6. The van der Waals surface area contributed by atoms with E-state index in [-0.39, 0.29) is 11.6 Å². The minimum atomic E-state index is -4.20. The molecule has 1 saturated carbocycles. The summed E-state index contributed by atoms with van der Waals surface area (Å²) in [6.07, 6.45) is 7.13. The van der Waals surface area contributed by atoms with Crippen LogP contribution in [0.25, 0.3) is 0 Å². The Hall–Kier alpha value is -2.29. The molecule has 1 aliphatic carbocycles. The van der Waals surface area contributed by atoms with E-state index in [1.165, 1.54) is 6.42 Å². The van der Waals surface area contributed by atoms with E-state index in [0.29, 0.717) is 5.89 Å². The predicted octanol–water partition coefficient (Wildman–Crippen LogP) is 2.38. The minimum Gasteiger partial charge on any atom is -0.448 e. The number of amides is 1. The lowest BCUT2D eigenvalue weighted by Gasteiger charge is -2.17. The van der Waals surface area contributed by atoms with E-state index in [1.54, 1.807) is 0 Å². The first-order chi connectivity index (χ1) is 11.5. The zero-order chi connectivity index (χ0) is 17.2. The molecule has 128 valence electrons. The van der Waals surface area contributed by atoms with Crippen molar-refractivity contribution in [3.63, 3.8) is 0 Å². The monoisotopic (exact) mass is 353 g/mol. The Morgan fingerprint density at radius 3 is 2.67 bits per heavy atom. The number of hydrogen-bond acceptors (Lipinski definition) is 6. The van der Waals surface area contributed by atoms with Crippen LogP contribution in [0.15, 0.2) is 34.0 Å². The molecule has 0 atom stereocenters. The average Bonchev–Trinajstić information content (AvgIpc) is 3.06. The molecule has 2 aromatic rings. The van der Waals surface area contributed by atoms with Gasteiger partial charge in [0, 0.05) is 5.92 Å². The standard InChI is InChI=1S/C15H16FN3O4S/c16-11-6-7-13(17-8-11)24(21,22)19-14(20)12-9-23-15(18-12)10-4-2-1-3-5-10/h6-10H,1-5H2,(H,19,20). The second-order valence-electron chi connectivity index (χ2n) is 5.66. The molecule has 3 rings (SSSR count). The van der Waals surface area contributed by atoms with Crippen LogP contribution in [-0.4, -0.2) is 24.3 Å². The van der Waals surface area contributed by atoms with E-state index in [9.17, 15) is 17.6 Å². The first-order valence-corrected chi connectivity index (χ1v) is 9.08. The fourth-order valence-electron chi connectivity index (χ4n) is 2.68. The summed E-state index contributed by atoms with van der Waals surface area (Å²) in [6.45, 7) is 0. The Kier molecular flexibility index (Phi) is 4.61. The molecule has 0 radical (unpaired) electrons. The minimum absolute atomic E-state index is 0.110. The van der Waals surface area contributed by atoms with Gasteiger partial charge in [0.2, 0.25) is 0 Å². The van der Waals surface area contributed by atoms with Crippen LogP contribution in [0.5, 0.6) is 0 Å². The molecule has 0 spiro atoms. The second-order valence-corrected chi connectivity index (χ2v) is 7.28. The molecule has 0 aromatic carbocycles. The third-order valence-electron chi connectivity index (χ3n) is 3.91. The Bertz CT molecular complexity index is 827. The van der Waals surface area contributed by atoms with Crippen molar-refractivity contribution in [2.24, 2.45) is 0 Å². The number of pyridine rings is 1. The van der Waals surface area contributed by atoms with Crippen LogP contribution >= 0.6 is 0 Å². The summed E-state index contributed by atoms with van der Waals surface area (Å²) < 4.78 is 44.1. The molecule has 24 heavy (non-hydrogen) atoms. The molecule has 0 bridgehead atoms. The molecule has 1 aliphatic rings. The van der Waals surface area contributed by atoms with Gasteiger partial charge >= 0.3 is 0 Å². The first kappa shape index (κ1) is 16.6. The average molecular weight is 353 g/mol. The molecule has 0 aliphatic heterocycles. The number of halogens is 1. The van der Waals surface area contributed by atoms with Crippen LogP contribution in [0, 0.1) is 5.82 Å². The number of oxazole rings is 1. The third-order valence-corrected chi connectivity index (χ3v) is 5.16. The van der Waals surface area contributed by atoms with E-state index in [4.69, 9.17) is 4.42 Å². The van der Waals surface area contributed by atoms with E-state index in [2.05, 4.69) is 9.97 Å². The molecule has 1 amide bonds. The van der Waals surface area contributed by atoms with Crippen LogP contribution in [0.1, 0.15) is 54.4 Å². The van der Waals surface area contributed by atoms with Crippen molar-refractivity contribution in [2.45, 2.75) is 43.0 Å². The Labute approximate surface area is 138 Å². The van der Waals surface area contributed by atoms with Gasteiger partial charge in [-0.3, -0.25) is 4.79 Å². The molecular formula is C15H16FN3O4S. The van der Waals surface area contributed by atoms with Crippen LogP contribution < -0.4 is 4.72 Å². The smallest absolute Gasteiger partial charge is 0.286 e. The van der Waals surface area contributed by atoms with Gasteiger partial charge in [0.05, 0.1) is 6.20 Å². The zero-order valence-electron chi connectivity index (χ0n) is 12.7. The number of hydrogen-bond donors (Lipinski definition) is 1. The van der Waals surface area contributed by atoms with Gasteiger partial charge in [-0.15, -0.1) is 0 Å². The fourth-order valence-corrected chi connectivity index (χ4v) is 3.57. The first-order valence-electron chi connectivity index (χ1n) is 7.60. The van der Waals surface area contributed by atoms with Crippen molar-refractivity contribution in [1.82, 2.24) is 14.7 Å². The van der Waals surface area contributed by atoms with Crippen molar-refractivity contribution >= 4 is 15.9 Å². The van der Waals surface area contributed by atoms with Gasteiger partial charge in [-0.05, 0) is 25.0 Å². The summed E-state index contributed by atoms with van der Waals surface area (Å²) >= 11 is 0. The predicted molar refractivity (Wildman–Crippen MR) is 81.2 cm³/mol. The molecule has 1 N–H and O–H groups in total. The van der Waals surface area contributed by atoms with Crippen molar-refractivity contribution < 1.29 is 22.0 Å². The van der Waals surface area contributed by atoms with Crippen molar-refractivity contribution in [2.75, 3.05) is 0 Å². The van der Waals surface area contributed by atoms with Crippen LogP contribution in [0.4, 0.5) is 4.39 Å². The molecule has 0 unspecified atom stereocenters. The lowest BCUT2D eigenvalue weighted by molar-refractivity contribution is 0.0976. The number of carbonyl (C=O) groups excluding carboxylic acids is 1. The van der Waals surface area contributed by atoms with Gasteiger partial charge in [0.25, 0.3) is 15.9 Å². The molecule has 2 heterocycles. The summed E-state index contributed by atoms with van der Waals surface area (Å²) in [5.74, 6) is -0.964. The summed E-state index contributed by atoms with van der Waals surface area (Å²) in [7, 11) is -4.20. The largest absolute Gasteiger partial charge is 0.448 e. The van der Waals surface area contributed by atoms with Crippen molar-refractivity contribution in [3.8, 4) is 0 Å². The number of aromatic nitrogens is 2. The highest BCUT2D eigenvalue weighted by Crippen LogP contribution is 2.31. The van der Waals surface area contributed by atoms with E-state index >= 15 is 0 Å². The number of sulfonamides is 1. The van der Waals surface area contributed by atoms with Gasteiger partial charge in [0.15, 0.2) is 16.6 Å². The quantitative estimate of drug-likeness (QED) is 0.905. The fraction of sp³-hybridized carbons (Fsp3) is 0.400. The number of nitrogens with zero attached hydrogens (tertiary/aromatic N) is 2. The summed E-state index contributed by atoms with van der Waals surface area (Å²) in [6, 6.07) is 1.92. The SMILES string of the molecule is O=C(NS(=O)(=O)c1ccc(F)cn1)c1coc(C2CCCCC2)n1. The topological polar surface area (TPSA) is 102 Å². The Morgan fingerprint density at radius 2 is 2.00 bits per heavy atom. The molecule has 9 heteroatoms. The Balaban J connectivity index is 1.72. The second kappa shape index (κ2) is 6.68. The van der Waals surface area contributed by atoms with Gasteiger partial charge < -0.3 is 4.42 Å². The molecule has 7 nitrogen and oxygen atoms in total. The normalized spacial score (nSPS) is 16.0. The zero-order valence-corrected chi connectivity index (χ0v) is 13.6. The highest BCUT2D eigenvalue weighted by molar-refractivity contribution is 7.90. The van der Waals surface area contributed by atoms with Crippen LogP contribution in [0.2, 0.25) is 0 Å².